The van der Waals surface area contributed by atoms with Crippen LogP contribution in [-0.2, 0) is 85.6 Å². The fourth-order valence-electron chi connectivity index (χ4n) is 9.45. The Hall–Kier alpha value is -5.06. The van der Waals surface area contributed by atoms with Gasteiger partial charge in [0.25, 0.3) is 0 Å². The molecule has 0 aliphatic carbocycles. The Balaban J connectivity index is 0.00000804. The fourth-order valence-corrected chi connectivity index (χ4v) is 9.45. The number of aromatic nitrogens is 4. The summed E-state index contributed by atoms with van der Waals surface area (Å²) in [4.78, 5) is 72.4. The number of rotatable bonds is 18. The molecule has 0 radical (unpaired) electrons. The number of methoxy groups -OCH3 is 1. The fraction of sp³-hybridized carbons (Fsp3) is 0.538. The average molecular weight is 1060 g/mol. The molecular weight excluding hydrogens is 993 g/mol. The van der Waals surface area contributed by atoms with Crippen molar-refractivity contribution < 1.29 is 77.9 Å². The van der Waals surface area contributed by atoms with Gasteiger partial charge in [0.1, 0.15) is 24.4 Å². The molecule has 380 valence electrons. The number of ether oxygens (including phenoxy) is 7. The first-order valence-electron chi connectivity index (χ1n) is 23.9. The van der Waals surface area contributed by atoms with E-state index in [1.54, 1.807) is 34.6 Å². The van der Waals surface area contributed by atoms with E-state index in [1.165, 1.54) is 7.11 Å². The van der Waals surface area contributed by atoms with Gasteiger partial charge in [0.05, 0.1) is 42.6 Å². The molecule has 2 fully saturated rings. The third-order valence-electron chi connectivity index (χ3n) is 13.1. The van der Waals surface area contributed by atoms with Gasteiger partial charge in [-0.1, -0.05) is 46.5 Å². The van der Waals surface area contributed by atoms with E-state index in [0.29, 0.717) is 70.5 Å². The molecule has 0 saturated carbocycles. The maximum absolute atomic E-state index is 13.7. The smallest absolute Gasteiger partial charge is 0.657 e. The summed E-state index contributed by atoms with van der Waals surface area (Å²) in [6.07, 6.45) is -2.10. The first-order chi connectivity index (χ1) is 32.9. The van der Waals surface area contributed by atoms with Gasteiger partial charge in [-0.3, -0.25) is 19.2 Å². The number of aryl methyl sites for hydroxylation is 4. The van der Waals surface area contributed by atoms with Gasteiger partial charge in [0, 0.05) is 39.3 Å². The minimum Gasteiger partial charge on any atom is -0.657 e. The van der Waals surface area contributed by atoms with E-state index in [1.807, 2.05) is 52.0 Å². The second kappa shape index (κ2) is 23.4. The monoisotopic (exact) mass is 1060 g/mol. The Bertz CT molecular complexity index is 2700. The van der Waals surface area contributed by atoms with Crippen LogP contribution in [0.3, 0.4) is 0 Å². The van der Waals surface area contributed by atoms with E-state index in [2.05, 4.69) is 5.32 Å². The summed E-state index contributed by atoms with van der Waals surface area (Å²) >= 11 is 0. The predicted molar refractivity (Wildman–Crippen MR) is 257 cm³/mol. The van der Waals surface area contributed by atoms with E-state index >= 15 is 0 Å². The van der Waals surface area contributed by atoms with Crippen molar-refractivity contribution in [1.29, 1.82) is 0 Å². The van der Waals surface area contributed by atoms with Gasteiger partial charge in [0.2, 0.25) is 5.91 Å². The molecule has 2 N–H and O–H groups in total. The van der Waals surface area contributed by atoms with Crippen LogP contribution in [0.1, 0.15) is 132 Å². The molecule has 3 aromatic rings. The number of esters is 3. The number of hydrogen-bond acceptors (Lipinski definition) is 14. The molecule has 3 aromatic heterocycles. The normalized spacial score (nSPS) is 20.5. The summed E-state index contributed by atoms with van der Waals surface area (Å²) in [7, 11) is 1.49. The van der Waals surface area contributed by atoms with Crippen molar-refractivity contribution in [1.82, 2.24) is 25.3 Å². The number of aliphatic hydroxyl groups excluding tert-OH is 1. The molecule has 4 aliphatic rings. The number of carbonyl (C=O) groups excluding carboxylic acids is 4. The summed E-state index contributed by atoms with van der Waals surface area (Å²) in [6, 6.07) is 7.66. The van der Waals surface area contributed by atoms with Gasteiger partial charge in [-0.25, -0.2) is 9.97 Å². The summed E-state index contributed by atoms with van der Waals surface area (Å²) in [5.41, 5.74) is 11.9. The van der Waals surface area contributed by atoms with Crippen LogP contribution in [0.25, 0.3) is 44.4 Å². The van der Waals surface area contributed by atoms with E-state index in [0.717, 1.165) is 44.5 Å². The maximum atomic E-state index is 13.7. The van der Waals surface area contributed by atoms with Crippen LogP contribution in [0, 0.1) is 13.8 Å². The summed E-state index contributed by atoms with van der Waals surface area (Å²) < 4.78 is 39.4. The number of allylic oxidation sites excluding steroid dienone is 4. The average Bonchev–Trinajstić information content (AvgIpc) is 4.05. The number of nitrogens with zero attached hydrogens (tertiary/aromatic N) is 4. The molecular formula is C52H65N5O12Pd. The molecule has 1 amide bonds. The molecule has 17 nitrogen and oxygen atoms in total. The Kier molecular flexibility index (Phi) is 18.2. The van der Waals surface area contributed by atoms with Crippen LogP contribution in [0.2, 0.25) is 0 Å². The topological polar surface area (TPSA) is 219 Å². The molecule has 0 aromatic carbocycles. The summed E-state index contributed by atoms with van der Waals surface area (Å²) in [6.45, 7) is 17.5. The standard InChI is InChI=1S/C52H66N5O12.Pd/c1-11-64-45(59)19-15-32-28(5)36-22-39-31(14-18-44(58)53-26-43-48(62)49-50(51(63-10)67-43)69-52(8,9)68-49)27(4)35(54-39)23-40-33(16-20-46(60)65-12-2)29(6)37(56-40)25-42-34(17-21-47(61)66-13-3)30(7)38(57-42)24-41(32)55-36;/h22-25,43,48-51,62H,11-21,26H2,1-10H3,(H2-,53,54,55,56,57,58);/q-1;+2/p-1/t43-,48-,49+,50+,51+;/m1./s1. The number of nitrogens with one attached hydrogen (secondary N) is 1. The van der Waals surface area contributed by atoms with E-state index < -0.39 is 36.5 Å². The number of carbonyl (C=O) groups is 4. The summed E-state index contributed by atoms with van der Waals surface area (Å²) in [5.74, 6) is -2.16. The SMILES string of the molecule is CCOC(=O)CCC1=C(C)c2cc3[n-]c(cc4nc(cc5[n-]c(cc1n2)c(C)c5CCC(=O)OCC)C(C)=C4CCC(=O)NC[C@H]1O[C@H](OC)[C@H]2OC(C)(C)O[C@H]2[C@@H]1O)c(C)c3CCC(=O)OCC.[Pd+2]. The summed E-state index contributed by atoms with van der Waals surface area (Å²) in [5, 5.41) is 14.2. The van der Waals surface area contributed by atoms with Crippen LogP contribution in [0.4, 0.5) is 0 Å². The molecule has 2 saturated heterocycles. The van der Waals surface area contributed by atoms with Crippen LogP contribution in [-0.4, -0.2) is 109 Å². The van der Waals surface area contributed by atoms with Crippen LogP contribution in [0.15, 0.2) is 24.3 Å². The zero-order valence-electron chi connectivity index (χ0n) is 41.7. The Morgan fingerprint density at radius 1 is 0.657 bits per heavy atom. The molecule has 5 atom stereocenters. The quantitative estimate of drug-likeness (QED) is 0.0786. The van der Waals surface area contributed by atoms with Gasteiger partial charge in [-0.05, 0) is 110 Å². The number of amides is 1. The molecule has 0 unspecified atom stereocenters. The Morgan fingerprint density at radius 2 is 1.09 bits per heavy atom. The second-order valence-electron chi connectivity index (χ2n) is 18.1. The first kappa shape index (κ1) is 54.3. The van der Waals surface area contributed by atoms with Crippen molar-refractivity contribution in [3.05, 3.63) is 69.3 Å². The van der Waals surface area contributed by atoms with Gasteiger partial charge < -0.3 is 53.5 Å². The van der Waals surface area contributed by atoms with E-state index in [-0.39, 0.29) is 96.3 Å². The third kappa shape index (κ3) is 12.2. The van der Waals surface area contributed by atoms with Crippen molar-refractivity contribution in [2.75, 3.05) is 33.5 Å². The molecule has 0 spiro atoms. The number of fused-ring (bicyclic) bond motifs is 9. The minimum atomic E-state index is -1.08. The zero-order chi connectivity index (χ0) is 49.7. The van der Waals surface area contributed by atoms with E-state index in [4.69, 9.17) is 53.1 Å². The van der Waals surface area contributed by atoms with Crippen molar-refractivity contribution >= 4 is 68.2 Å². The Labute approximate surface area is 422 Å². The van der Waals surface area contributed by atoms with Gasteiger partial charge >= 0.3 is 38.3 Å². The minimum absolute atomic E-state index is 0. The molecule has 18 heteroatoms. The molecule has 7 heterocycles. The van der Waals surface area contributed by atoms with Gasteiger partial charge in [0.15, 0.2) is 12.1 Å². The zero-order valence-corrected chi connectivity index (χ0v) is 43.3. The van der Waals surface area contributed by atoms with Crippen molar-refractivity contribution in [2.45, 2.75) is 150 Å². The van der Waals surface area contributed by atoms with Gasteiger partial charge in [-0.2, -0.15) is 0 Å². The molecule has 4 aliphatic heterocycles. The molecule has 7 rings (SSSR count). The van der Waals surface area contributed by atoms with Crippen molar-refractivity contribution in [3.63, 3.8) is 0 Å². The van der Waals surface area contributed by atoms with Crippen LogP contribution >= 0.6 is 0 Å². The second-order valence-corrected chi connectivity index (χ2v) is 18.1. The van der Waals surface area contributed by atoms with Gasteiger partial charge in [-0.15, -0.1) is 22.1 Å². The molecule has 8 bridgehead atoms. The van der Waals surface area contributed by atoms with Crippen molar-refractivity contribution in [2.24, 2.45) is 0 Å². The van der Waals surface area contributed by atoms with Crippen LogP contribution < -0.4 is 15.3 Å². The van der Waals surface area contributed by atoms with Crippen LogP contribution in [0.5, 0.6) is 0 Å². The third-order valence-corrected chi connectivity index (χ3v) is 13.1. The largest absolute Gasteiger partial charge is 2.00 e. The van der Waals surface area contributed by atoms with Crippen molar-refractivity contribution in [3.8, 4) is 0 Å². The molecule has 70 heavy (non-hydrogen) atoms. The Morgan fingerprint density at radius 3 is 1.54 bits per heavy atom. The maximum Gasteiger partial charge on any atom is 2.00 e. The van der Waals surface area contributed by atoms with E-state index in [9.17, 15) is 24.3 Å². The number of hydrogen-bond donors (Lipinski definition) is 2. The number of aliphatic hydroxyl groups is 1. The first-order valence-corrected chi connectivity index (χ1v) is 23.9. The predicted octanol–water partition coefficient (Wildman–Crippen LogP) is 6.53.